The summed E-state index contributed by atoms with van der Waals surface area (Å²) in [5, 5.41) is 27.3. The highest BCUT2D eigenvalue weighted by atomic mass is 16.7. The summed E-state index contributed by atoms with van der Waals surface area (Å²) in [4.78, 5) is 26.9. The Morgan fingerprint density at radius 3 is 1.54 bits per heavy atom. The van der Waals surface area contributed by atoms with Crippen LogP contribution in [-0.4, -0.2) is 32.0 Å². The van der Waals surface area contributed by atoms with Crippen LogP contribution in [0.3, 0.4) is 0 Å². The molecule has 0 aliphatic carbocycles. The zero-order valence-corrected chi connectivity index (χ0v) is 15.4. The van der Waals surface area contributed by atoms with E-state index in [-0.39, 0.29) is 24.6 Å². The molecule has 0 saturated carbocycles. The maximum Gasteiger partial charge on any atom is 0.333 e. The van der Waals surface area contributed by atoms with E-state index >= 15 is 0 Å². The van der Waals surface area contributed by atoms with E-state index in [9.17, 15) is 19.8 Å². The van der Waals surface area contributed by atoms with E-state index in [1.165, 1.54) is 37.8 Å². The Balaban J connectivity index is 1.87. The Labute approximate surface area is 154 Å². The van der Waals surface area contributed by atoms with Gasteiger partial charge in [-0.05, 0) is 12.8 Å². The quantitative estimate of drug-likeness (QED) is 0.403. The van der Waals surface area contributed by atoms with Crippen LogP contribution in [0, 0.1) is 0 Å². The molecule has 1 rings (SSSR count). The molecule has 0 fully saturated rings. The van der Waals surface area contributed by atoms with Crippen molar-refractivity contribution in [3.8, 4) is 11.8 Å². The van der Waals surface area contributed by atoms with Crippen molar-refractivity contribution in [2.24, 2.45) is 0 Å². The molecule has 7 nitrogen and oxygen atoms in total. The highest BCUT2D eigenvalue weighted by Gasteiger charge is 2.11. The third-order valence-electron chi connectivity index (χ3n) is 4.26. The summed E-state index contributed by atoms with van der Waals surface area (Å²) in [6, 6.07) is 2.50. The molecule has 0 unspecified atom stereocenters. The van der Waals surface area contributed by atoms with E-state index in [2.05, 4.69) is 0 Å². The predicted molar refractivity (Wildman–Crippen MR) is 97.0 cm³/mol. The minimum absolute atomic E-state index is 0.257. The van der Waals surface area contributed by atoms with Crippen LogP contribution in [0.4, 0.5) is 0 Å². The number of nitrogens with zero attached hydrogens (tertiary/aromatic N) is 1. The number of carboxylic acid groups (broad SMARTS) is 1. The number of hydrogen-bond donors (Lipinski definition) is 3. The van der Waals surface area contributed by atoms with Crippen molar-refractivity contribution in [1.29, 1.82) is 0 Å². The summed E-state index contributed by atoms with van der Waals surface area (Å²) < 4.78 is 0.712. The van der Waals surface area contributed by atoms with Crippen LogP contribution in [-0.2, 0) is 9.59 Å². The van der Waals surface area contributed by atoms with Gasteiger partial charge in [0.25, 0.3) is 0 Å². The first kappa shape index (κ1) is 21.9. The van der Waals surface area contributed by atoms with Gasteiger partial charge in [-0.2, -0.15) is 0 Å². The summed E-state index contributed by atoms with van der Waals surface area (Å²) in [5.74, 6) is -1.80. The van der Waals surface area contributed by atoms with Gasteiger partial charge in [-0.15, -0.1) is 4.73 Å². The molecule has 1 heterocycles. The monoisotopic (exact) mass is 369 g/mol. The minimum atomic E-state index is -0.709. The molecule has 1 aromatic rings. The molecule has 0 aromatic carbocycles. The molecule has 0 aliphatic heterocycles. The number of rotatable bonds is 15. The third kappa shape index (κ3) is 9.96. The maximum absolute atomic E-state index is 11.6. The number of aliphatic carboxylic acids is 1. The maximum atomic E-state index is 11.6. The lowest BCUT2D eigenvalue weighted by molar-refractivity contribution is -0.145. The van der Waals surface area contributed by atoms with Gasteiger partial charge in [0.2, 0.25) is 11.8 Å². The van der Waals surface area contributed by atoms with Crippen LogP contribution in [0.15, 0.2) is 12.1 Å². The molecule has 148 valence electrons. The number of unbranched alkanes of at least 4 members (excludes halogenated alkanes) is 10. The second-order valence-corrected chi connectivity index (χ2v) is 6.59. The smallest absolute Gasteiger partial charge is 0.333 e. The Morgan fingerprint density at radius 2 is 1.12 bits per heavy atom. The standard InChI is InChI=1S/C19H31NO6/c21-16-14-15-17(22)20(16)26-19(25)13-11-9-7-5-3-1-2-4-6-8-10-12-18(23)24/h14-15,21-22H,1-13H2,(H,23,24). The fourth-order valence-corrected chi connectivity index (χ4v) is 2.78. The summed E-state index contributed by atoms with van der Waals surface area (Å²) in [6.45, 7) is 0. The topological polar surface area (TPSA) is 109 Å². The summed E-state index contributed by atoms with van der Waals surface area (Å²) in [5.41, 5.74) is 0. The molecular formula is C19H31NO6. The molecule has 0 saturated heterocycles. The first-order valence-electron chi connectivity index (χ1n) is 9.53. The number of carboxylic acids is 1. The molecular weight excluding hydrogens is 338 g/mol. The second kappa shape index (κ2) is 13.1. The molecule has 0 aliphatic rings. The van der Waals surface area contributed by atoms with Crippen molar-refractivity contribution in [3.05, 3.63) is 12.1 Å². The van der Waals surface area contributed by atoms with Crippen molar-refractivity contribution in [1.82, 2.24) is 4.73 Å². The van der Waals surface area contributed by atoms with Crippen molar-refractivity contribution >= 4 is 11.9 Å². The van der Waals surface area contributed by atoms with E-state index in [1.54, 1.807) is 0 Å². The molecule has 0 atom stereocenters. The Morgan fingerprint density at radius 1 is 0.731 bits per heavy atom. The van der Waals surface area contributed by atoms with Crippen LogP contribution in [0.25, 0.3) is 0 Å². The zero-order chi connectivity index (χ0) is 19.2. The van der Waals surface area contributed by atoms with Crippen molar-refractivity contribution in [2.75, 3.05) is 0 Å². The van der Waals surface area contributed by atoms with Crippen LogP contribution < -0.4 is 4.84 Å². The SMILES string of the molecule is O=C(O)CCCCCCCCCCCCCC(=O)On1c(O)ccc1O. The van der Waals surface area contributed by atoms with E-state index in [0.717, 1.165) is 44.9 Å². The van der Waals surface area contributed by atoms with Gasteiger partial charge in [-0.3, -0.25) is 4.79 Å². The normalized spacial score (nSPS) is 10.8. The van der Waals surface area contributed by atoms with Crippen molar-refractivity contribution in [2.45, 2.75) is 83.5 Å². The fourth-order valence-electron chi connectivity index (χ4n) is 2.78. The van der Waals surface area contributed by atoms with Gasteiger partial charge < -0.3 is 20.2 Å². The molecule has 26 heavy (non-hydrogen) atoms. The average Bonchev–Trinajstić information content (AvgIpc) is 2.90. The largest absolute Gasteiger partial charge is 0.492 e. The summed E-state index contributed by atoms with van der Waals surface area (Å²) in [6.07, 6.45) is 12.1. The molecule has 0 radical (unpaired) electrons. The minimum Gasteiger partial charge on any atom is -0.492 e. The van der Waals surface area contributed by atoms with Gasteiger partial charge in [-0.1, -0.05) is 57.8 Å². The van der Waals surface area contributed by atoms with Crippen LogP contribution in [0.5, 0.6) is 11.8 Å². The van der Waals surface area contributed by atoms with E-state index in [0.29, 0.717) is 4.73 Å². The third-order valence-corrected chi connectivity index (χ3v) is 4.26. The van der Waals surface area contributed by atoms with Crippen LogP contribution in [0.1, 0.15) is 83.5 Å². The van der Waals surface area contributed by atoms with Gasteiger partial charge in [0.05, 0.1) is 0 Å². The summed E-state index contributed by atoms with van der Waals surface area (Å²) >= 11 is 0. The predicted octanol–water partition coefficient (Wildman–Crippen LogP) is 4.01. The first-order valence-corrected chi connectivity index (χ1v) is 9.53. The van der Waals surface area contributed by atoms with Gasteiger partial charge >= 0.3 is 11.9 Å². The van der Waals surface area contributed by atoms with Gasteiger partial charge in [0.1, 0.15) is 0 Å². The van der Waals surface area contributed by atoms with Crippen LogP contribution >= 0.6 is 0 Å². The molecule has 3 N–H and O–H groups in total. The number of carbonyl (C=O) groups excluding carboxylic acids is 1. The Kier molecular flexibility index (Phi) is 11.0. The second-order valence-electron chi connectivity index (χ2n) is 6.59. The number of aromatic hydroxyl groups is 2. The molecule has 0 bridgehead atoms. The average molecular weight is 369 g/mol. The lowest BCUT2D eigenvalue weighted by Crippen LogP contribution is -2.18. The van der Waals surface area contributed by atoms with Gasteiger partial charge in [0.15, 0.2) is 0 Å². The fraction of sp³-hybridized carbons (Fsp3) is 0.684. The number of aromatic nitrogens is 1. The number of hydrogen-bond acceptors (Lipinski definition) is 5. The Bertz CT molecular complexity index is 521. The van der Waals surface area contributed by atoms with Gasteiger partial charge in [-0.25, -0.2) is 4.79 Å². The first-order chi connectivity index (χ1) is 12.5. The molecule has 7 heteroatoms. The highest BCUT2D eigenvalue weighted by molar-refractivity contribution is 5.69. The highest BCUT2D eigenvalue weighted by Crippen LogP contribution is 2.19. The summed E-state index contributed by atoms with van der Waals surface area (Å²) in [7, 11) is 0. The van der Waals surface area contributed by atoms with Crippen molar-refractivity contribution in [3.63, 3.8) is 0 Å². The van der Waals surface area contributed by atoms with Crippen LogP contribution in [0.2, 0.25) is 0 Å². The molecule has 0 amide bonds. The molecule has 0 spiro atoms. The zero-order valence-electron chi connectivity index (χ0n) is 15.4. The van der Waals surface area contributed by atoms with Gasteiger partial charge in [0, 0.05) is 25.0 Å². The molecule has 1 aromatic heterocycles. The van der Waals surface area contributed by atoms with Crippen molar-refractivity contribution < 1.29 is 29.7 Å². The van der Waals surface area contributed by atoms with E-state index in [4.69, 9.17) is 9.94 Å². The lowest BCUT2D eigenvalue weighted by atomic mass is 10.0. The van der Waals surface area contributed by atoms with E-state index in [1.807, 2.05) is 0 Å². The lowest BCUT2D eigenvalue weighted by Gasteiger charge is -2.06. The Hall–Kier alpha value is -2.18. The van der Waals surface area contributed by atoms with E-state index < -0.39 is 11.9 Å². The number of carbonyl (C=O) groups is 2.